The molecule has 20 fully saturated rings. The van der Waals surface area contributed by atoms with Crippen molar-refractivity contribution >= 4 is 37.7 Å². The van der Waals surface area contributed by atoms with Crippen molar-refractivity contribution in [3.8, 4) is 0 Å². The second-order valence-electron chi connectivity index (χ2n) is 42.1. The molecule has 2 saturated carbocycles. The zero-order chi connectivity index (χ0) is 107. The first-order chi connectivity index (χ1) is 68.2. The van der Waals surface area contributed by atoms with Gasteiger partial charge < -0.3 is 185 Å². The number of rotatable bonds is 31. The molecule has 40 nitrogen and oxygen atoms in total. The standard InChI is InChI=1S/C11H20O3.C11H18O3.C10H19O5P.4C10H18O4.3C9H15BO4.CH2O/c2*1-7-5-11(6-12-3)10(13-4)9(7)8(2)14-11;1-7-8-9(15-16(3,4)11)10(14-7,5-12-2)6-13-8;1-7-8-9(2,12-4)10(14-7,5-11-3)6-13-8;2*1-6-8-9(12-4)10(14-6,5-13-8)7(2)11-3;1-6-8-9(12-4)10(14-6,5-11-3)7(2)13-8;1-5(11-2)9-4-13-6(7(9)12-3)8(10)14-9;2*1-5-9(4-11-2)7(12-3)6(13-5)8(10)14-9;1-2/h7-10H,5-6H2,1-4H3;8-10H,1,5-6H2,2-4H3;7-9H,5-6H2,1-4H3;7-8H,5-6H2,1-4H3;3*6-9H,5H2,1-4H3;3*5-8H,4H2,1-3H3;1H2/t7-,8-,9?,10-,11?;8-,9?,10-,11?;7-,8+,9?,10-;7-,8+,9+,10+;6-,7+,8+,9+,10-;6-,7-,8+,9+,10-;6-,7+,8+,9+,10+;5?,6-,7?,8+,9+;2*5?,6-,7?,8+,9-;/m0000000000./s1. The van der Waals surface area contributed by atoms with E-state index in [2.05, 4.69) is 27.4 Å². The fourth-order valence-electron chi connectivity index (χ4n) is 26.7. The van der Waals surface area contributed by atoms with Crippen LogP contribution in [0.1, 0.15) is 117 Å². The van der Waals surface area contributed by atoms with E-state index in [4.69, 9.17) is 208 Å². The van der Waals surface area contributed by atoms with Gasteiger partial charge in [0.1, 0.15) is 183 Å². The molecule has 47 atom stereocenters. The lowest BCUT2D eigenvalue weighted by Crippen LogP contribution is -2.54. The molecule has 20 rings (SSSR count). The summed E-state index contributed by atoms with van der Waals surface area (Å²) in [5, 5.41) is 0. The Balaban J connectivity index is 0.000000164. The highest BCUT2D eigenvalue weighted by molar-refractivity contribution is 7.57. The SMILES string of the molecule is C=C1CC2(COC)O[C@@H](C)C1[C@@H]2OC.C=O.COCC12C[C@H](C)C([C@H](C)O1)[C@@H]2OC.COC[C@@]12O[C@@H](C)[C@@H](O[C@@H]1C)[C@H]2OC.COC[C@]12CO[C@@H](C1OP(C)(C)=O)[C@H](C)O2.COC[C@]12CO[C@H]([C@H](C)O1)[C@@]2(C)OC.CO[C@@H](C)[C@]12CO[C@H]([C@H](C)O1)[C@H]2OC.CO[C@@H]1[C@@H]2OC[C@@]1([C@@H](C)OC)O[C@H]2C.[B][C@@H]1O[C@@]2(C(C)OC)CO[C@H]1C2OC.[B][C@@H]1O[C@@]2(COC)C(C)O[C@H]1C2OC.[B][C@@H]1O[C@@]2(COC)C(C)O[C@H]1C2OC. The molecule has 0 aromatic rings. The highest BCUT2D eigenvalue weighted by Gasteiger charge is 2.73. The van der Waals surface area contributed by atoms with E-state index in [9.17, 15) is 4.57 Å². The van der Waals surface area contributed by atoms with Crippen LogP contribution in [0.4, 0.5) is 0 Å². The van der Waals surface area contributed by atoms with Crippen LogP contribution in [-0.4, -0.2) is 521 Å². The van der Waals surface area contributed by atoms with Crippen LogP contribution < -0.4 is 0 Å². The van der Waals surface area contributed by atoms with Gasteiger partial charge in [-0.25, -0.2) is 0 Å². The molecule has 144 heavy (non-hydrogen) atoms. The number of fused-ring (bicyclic) bond motifs is 20. The van der Waals surface area contributed by atoms with Crippen molar-refractivity contribution in [3.05, 3.63) is 12.2 Å². The lowest BCUT2D eigenvalue weighted by molar-refractivity contribution is -0.194. The van der Waals surface area contributed by atoms with Crippen molar-refractivity contribution in [2.24, 2.45) is 17.8 Å². The van der Waals surface area contributed by atoms with Gasteiger partial charge in [-0.3, -0.25) is 4.57 Å². The molecule has 6 radical (unpaired) electrons. The van der Waals surface area contributed by atoms with Gasteiger partial charge in [-0.15, -0.1) is 0 Å². The Morgan fingerprint density at radius 1 is 0.354 bits per heavy atom. The van der Waals surface area contributed by atoms with Crippen LogP contribution in [0.2, 0.25) is 0 Å². The van der Waals surface area contributed by atoms with E-state index in [0.29, 0.717) is 103 Å². The van der Waals surface area contributed by atoms with Crippen LogP contribution in [-0.2, 0) is 189 Å². The number of hydrogen-bond acceptors (Lipinski definition) is 40. The zero-order valence-corrected chi connectivity index (χ0v) is 93.5. The van der Waals surface area contributed by atoms with Crippen LogP contribution in [0, 0.1) is 17.8 Å². The molecule has 44 heteroatoms. The van der Waals surface area contributed by atoms with E-state index in [1.165, 1.54) is 5.57 Å². The largest absolute Gasteiger partial charge is 0.382 e. The molecule has 18 heterocycles. The van der Waals surface area contributed by atoms with Crippen LogP contribution in [0.25, 0.3) is 0 Å². The molecule has 20 bridgehead atoms. The van der Waals surface area contributed by atoms with Crippen LogP contribution in [0.3, 0.4) is 0 Å². The van der Waals surface area contributed by atoms with E-state index < -0.39 is 70.2 Å². The molecule has 18 aliphatic heterocycles. The average Bonchev–Trinajstić information content (AvgIpc) is 1.55. The maximum atomic E-state index is 11.8. The summed E-state index contributed by atoms with van der Waals surface area (Å²) < 4.78 is 223. The van der Waals surface area contributed by atoms with Crippen LogP contribution in [0.5, 0.6) is 0 Å². The molecular weight excluding hydrogens is 1900 g/mol. The molecule has 0 aromatic carbocycles. The van der Waals surface area contributed by atoms with Crippen molar-refractivity contribution in [1.29, 1.82) is 0 Å². The first-order valence-corrected chi connectivity index (χ1v) is 52.8. The van der Waals surface area contributed by atoms with Gasteiger partial charge in [0.15, 0.2) is 7.37 Å². The maximum Gasteiger partial charge on any atom is 0.197 e. The fraction of sp³-hybridized carbons (Fsp3) is 0.970. The van der Waals surface area contributed by atoms with Crippen molar-refractivity contribution in [2.75, 3.05) is 228 Å². The molecule has 0 N–H and O–H groups in total. The maximum absolute atomic E-state index is 11.8. The van der Waals surface area contributed by atoms with Crippen LogP contribution >= 0.6 is 7.37 Å². The van der Waals surface area contributed by atoms with Gasteiger partial charge in [0.05, 0.1) is 171 Å². The molecule has 0 spiro atoms. The van der Waals surface area contributed by atoms with Crippen LogP contribution in [0.15, 0.2) is 12.2 Å². The lowest BCUT2D eigenvalue weighted by atomic mass is 9.85. The molecule has 2 aliphatic carbocycles. The molecule has 11 unspecified atom stereocenters. The minimum atomic E-state index is -2.56. The van der Waals surface area contributed by atoms with Gasteiger partial charge in [0, 0.05) is 185 Å². The second kappa shape index (κ2) is 51.1. The monoisotopic (exact) mass is 2080 g/mol. The summed E-state index contributed by atoms with van der Waals surface area (Å²) in [5.41, 5.74) is -3.43. The molecule has 0 amide bonds. The Kier molecular flexibility index (Phi) is 44.1. The predicted molar refractivity (Wildman–Crippen MR) is 525 cm³/mol. The number of carbonyl (C=O) groups is 1. The molecule has 18 saturated heterocycles. The smallest absolute Gasteiger partial charge is 0.197 e. The fourth-order valence-corrected chi connectivity index (χ4v) is 27.6. The van der Waals surface area contributed by atoms with E-state index in [1.807, 2.05) is 89.9 Å². The van der Waals surface area contributed by atoms with E-state index in [-0.39, 0.29) is 194 Å². The average molecular weight is 2080 g/mol. The third-order valence-corrected chi connectivity index (χ3v) is 34.2. The second-order valence-corrected chi connectivity index (χ2v) is 44.8. The van der Waals surface area contributed by atoms with Gasteiger partial charge in [0.25, 0.3) is 0 Å². The third kappa shape index (κ3) is 22.6. The van der Waals surface area contributed by atoms with Gasteiger partial charge in [-0.1, -0.05) is 19.1 Å². The normalized spacial score (nSPS) is 48.4. The van der Waals surface area contributed by atoms with E-state index in [0.717, 1.165) is 12.8 Å². The summed E-state index contributed by atoms with van der Waals surface area (Å²) in [6.45, 7) is 45.9. The molecule has 0 aromatic heterocycles. The van der Waals surface area contributed by atoms with Crippen molar-refractivity contribution in [2.45, 2.75) is 379 Å². The first kappa shape index (κ1) is 124. The van der Waals surface area contributed by atoms with Crippen molar-refractivity contribution < 1.29 is 189 Å². The van der Waals surface area contributed by atoms with E-state index in [1.54, 1.807) is 148 Å². The highest BCUT2D eigenvalue weighted by Crippen LogP contribution is 2.58. The highest BCUT2D eigenvalue weighted by atomic mass is 31.2. The number of carbonyl (C=O) groups excluding carboxylic acids is 1. The topological polar surface area (TPSA) is 385 Å². The summed E-state index contributed by atoms with van der Waals surface area (Å²) in [6.07, 6.45) is 1.71. The Morgan fingerprint density at radius 2 is 0.708 bits per heavy atom. The number of methoxy groups -OCH3 is 19. The van der Waals surface area contributed by atoms with E-state index >= 15 is 0 Å². The Bertz CT molecular complexity index is 3700. The van der Waals surface area contributed by atoms with Gasteiger partial charge in [-0.2, -0.15) is 0 Å². The predicted octanol–water partition coefficient (Wildman–Crippen LogP) is 5.24. The minimum Gasteiger partial charge on any atom is -0.382 e. The summed E-state index contributed by atoms with van der Waals surface area (Å²) >= 11 is 0. The first-order valence-electron chi connectivity index (χ1n) is 50.3. The van der Waals surface area contributed by atoms with Crippen molar-refractivity contribution in [1.82, 2.24) is 0 Å². The molecular formula is C100H176B3O40P. The Morgan fingerprint density at radius 3 is 1.09 bits per heavy atom. The summed E-state index contributed by atoms with van der Waals surface area (Å²) in [6, 6.07) is -1.23. The van der Waals surface area contributed by atoms with Gasteiger partial charge in [-0.05, 0) is 109 Å². The summed E-state index contributed by atoms with van der Waals surface area (Å²) in [4.78, 5) is 8.00. The Labute approximate surface area is 859 Å². The summed E-state index contributed by atoms with van der Waals surface area (Å²) in [5.74, 6) is 1.56. The van der Waals surface area contributed by atoms with Gasteiger partial charge >= 0.3 is 0 Å². The Hall–Kier alpha value is -1.69. The minimum absolute atomic E-state index is 0.00699. The van der Waals surface area contributed by atoms with Gasteiger partial charge in [0.2, 0.25) is 0 Å². The zero-order valence-electron chi connectivity index (χ0n) is 92.6. The molecule has 830 valence electrons. The van der Waals surface area contributed by atoms with Crippen molar-refractivity contribution in [3.63, 3.8) is 0 Å². The summed E-state index contributed by atoms with van der Waals surface area (Å²) in [7, 11) is 46.7. The number of hydrogen-bond donors (Lipinski definition) is 0. The lowest BCUT2D eigenvalue weighted by Gasteiger charge is -2.35. The molecule has 20 aliphatic rings. The number of ether oxygens (including phenoxy) is 37. The third-order valence-electron chi connectivity index (χ3n) is 33.5. The quantitative estimate of drug-likeness (QED) is 0.0486.